The van der Waals surface area contributed by atoms with Gasteiger partial charge in [0.2, 0.25) is 0 Å². The largest absolute Gasteiger partial charge is 0.462 e. The van der Waals surface area contributed by atoms with E-state index in [1.807, 2.05) is 34.6 Å². The smallest absolute Gasteiger partial charge is 0.309 e. The lowest BCUT2D eigenvalue weighted by Crippen LogP contribution is -2.40. The van der Waals surface area contributed by atoms with Crippen molar-refractivity contribution >= 4 is 29.8 Å². The summed E-state index contributed by atoms with van der Waals surface area (Å²) < 4.78 is 29.3. The Kier molecular flexibility index (Phi) is 18.1. The Labute approximate surface area is 383 Å². The molecular formula is C53H92O10. The SMILES string of the molecule is C.C.C.C.C.C.CC(=O)OC(C)(C)C.CCC(CC(CC(C)C(=O)OC1CC2CC1C1CCCC21)C(=O)OC1CC2CC1C1C3CCC(C3)C21)C(=O)OC1C2CC3C(=O)OC1C3C2. The van der Waals surface area contributed by atoms with Crippen LogP contribution in [0.4, 0.5) is 0 Å². The van der Waals surface area contributed by atoms with Gasteiger partial charge in [-0.05, 0) is 170 Å². The lowest BCUT2D eigenvalue weighted by Gasteiger charge is -2.38. The topological polar surface area (TPSA) is 132 Å². The molecule has 0 aromatic heterocycles. The van der Waals surface area contributed by atoms with Crippen molar-refractivity contribution < 1.29 is 47.7 Å². The van der Waals surface area contributed by atoms with E-state index in [1.165, 1.54) is 58.3 Å². The number of rotatable bonds is 11. The minimum Gasteiger partial charge on any atom is -0.462 e. The average Bonchev–Trinajstić information content (AvgIpc) is 3.99. The van der Waals surface area contributed by atoms with Crippen LogP contribution in [0.3, 0.4) is 0 Å². The molecule has 9 aliphatic carbocycles. The third kappa shape index (κ3) is 10.1. The van der Waals surface area contributed by atoms with E-state index in [-0.39, 0.29) is 116 Å². The number of ether oxygens (including phenoxy) is 5. The normalized spacial score (nSPS) is 40.5. The van der Waals surface area contributed by atoms with Crippen LogP contribution in [0.5, 0.6) is 0 Å². The number of hydrogen-bond acceptors (Lipinski definition) is 10. The fourth-order valence-corrected chi connectivity index (χ4v) is 15.6. The van der Waals surface area contributed by atoms with Crippen LogP contribution in [0.15, 0.2) is 0 Å². The zero-order chi connectivity index (χ0) is 40.1. The summed E-state index contributed by atoms with van der Waals surface area (Å²) in [6, 6.07) is 0. The van der Waals surface area contributed by atoms with E-state index in [4.69, 9.17) is 23.7 Å². The molecule has 10 fully saturated rings. The van der Waals surface area contributed by atoms with Crippen molar-refractivity contribution in [1.29, 1.82) is 0 Å². The Balaban J connectivity index is 0.000000694. The standard InChI is InChI=1S/C41H56O8.C6H12O2.6CH4/c1-3-19(39(43)48-36-24-14-29-30(15-24)41(45)49-37(29)36)10-25(9-18(2)38(42)46-32-16-22-12-28(32)27-6-4-5-26(22)27)40(44)47-33-17-23-13-31(33)35-21-8-7-20(11-21)34(23)35;1-5(7)8-6(2,3)4;;;;;;/h18-37H,3-17H2,1-2H3;1-4H3;6*1H4. The third-order valence-electron chi connectivity index (χ3n) is 17.5. The summed E-state index contributed by atoms with van der Waals surface area (Å²) in [4.78, 5) is 64.2. The predicted molar refractivity (Wildman–Crippen MR) is 248 cm³/mol. The van der Waals surface area contributed by atoms with E-state index < -0.39 is 23.9 Å². The Morgan fingerprint density at radius 2 is 1.21 bits per heavy atom. The molecule has 0 spiro atoms. The van der Waals surface area contributed by atoms with E-state index in [2.05, 4.69) is 0 Å². The van der Waals surface area contributed by atoms with Crippen LogP contribution in [0, 0.1) is 94.7 Å². The summed E-state index contributed by atoms with van der Waals surface area (Å²) in [5, 5.41) is 0. The first kappa shape index (κ1) is 54.7. The molecule has 9 saturated carbocycles. The average molecular weight is 889 g/mol. The molecule has 20 unspecified atom stereocenters. The van der Waals surface area contributed by atoms with Crippen LogP contribution in [-0.2, 0) is 47.7 Å². The first-order valence-electron chi connectivity index (χ1n) is 23.2. The van der Waals surface area contributed by atoms with Gasteiger partial charge in [0.1, 0.15) is 30.0 Å². The molecule has 364 valence electrons. The summed E-state index contributed by atoms with van der Waals surface area (Å²) in [6.45, 7) is 10.8. The molecule has 10 heteroatoms. The van der Waals surface area contributed by atoms with Crippen LogP contribution in [-0.4, -0.2) is 59.9 Å². The maximum atomic E-state index is 14.2. The molecule has 0 N–H and O–H groups in total. The fourth-order valence-electron chi connectivity index (χ4n) is 15.6. The fraction of sp³-hybridized carbons (Fsp3) is 0.906. The first-order valence-corrected chi connectivity index (χ1v) is 23.2. The Hall–Kier alpha value is -2.65. The van der Waals surface area contributed by atoms with Gasteiger partial charge in [0.25, 0.3) is 0 Å². The van der Waals surface area contributed by atoms with Crippen LogP contribution >= 0.6 is 0 Å². The second-order valence-corrected chi connectivity index (χ2v) is 21.7. The second kappa shape index (κ2) is 20.9. The maximum Gasteiger partial charge on any atom is 0.309 e. The Morgan fingerprint density at radius 1 is 0.619 bits per heavy atom. The lowest BCUT2D eigenvalue weighted by molar-refractivity contribution is -0.169. The summed E-state index contributed by atoms with van der Waals surface area (Å²) in [5.41, 5.74) is -0.328. The minimum absolute atomic E-state index is 0. The summed E-state index contributed by atoms with van der Waals surface area (Å²) >= 11 is 0. The molecule has 0 amide bonds. The molecule has 10 nitrogen and oxygen atoms in total. The maximum absolute atomic E-state index is 14.2. The van der Waals surface area contributed by atoms with E-state index in [1.54, 1.807) is 0 Å². The van der Waals surface area contributed by atoms with Gasteiger partial charge in [-0.15, -0.1) is 0 Å². The van der Waals surface area contributed by atoms with Crippen molar-refractivity contribution in [2.45, 2.75) is 212 Å². The van der Waals surface area contributed by atoms with Crippen molar-refractivity contribution in [3.63, 3.8) is 0 Å². The number of esters is 5. The van der Waals surface area contributed by atoms with Gasteiger partial charge in [0, 0.05) is 18.8 Å². The van der Waals surface area contributed by atoms with E-state index in [0.717, 1.165) is 55.3 Å². The van der Waals surface area contributed by atoms with Crippen molar-refractivity contribution in [1.82, 2.24) is 0 Å². The van der Waals surface area contributed by atoms with Crippen molar-refractivity contribution in [3.8, 4) is 0 Å². The monoisotopic (exact) mass is 889 g/mol. The van der Waals surface area contributed by atoms with Gasteiger partial charge in [-0.1, -0.05) is 64.8 Å². The highest BCUT2D eigenvalue weighted by Crippen LogP contribution is 2.68. The molecule has 20 atom stereocenters. The van der Waals surface area contributed by atoms with Gasteiger partial charge in [-0.25, -0.2) is 0 Å². The van der Waals surface area contributed by atoms with E-state index >= 15 is 0 Å². The molecule has 8 bridgehead atoms. The van der Waals surface area contributed by atoms with Gasteiger partial charge < -0.3 is 23.7 Å². The minimum atomic E-state index is -0.581. The molecule has 0 aromatic rings. The summed E-state index contributed by atoms with van der Waals surface area (Å²) in [5.74, 6) is 4.80. The Morgan fingerprint density at radius 3 is 1.86 bits per heavy atom. The van der Waals surface area contributed by atoms with Gasteiger partial charge >= 0.3 is 29.8 Å². The van der Waals surface area contributed by atoms with Crippen LogP contribution in [0.2, 0.25) is 0 Å². The zero-order valence-corrected chi connectivity index (χ0v) is 35.2. The quantitative estimate of drug-likeness (QED) is 0.112. The Bertz CT molecular complexity index is 1600. The number of fused-ring (bicyclic) bond motifs is 15. The van der Waals surface area contributed by atoms with E-state index in [0.29, 0.717) is 48.9 Å². The van der Waals surface area contributed by atoms with E-state index in [9.17, 15) is 24.0 Å². The summed E-state index contributed by atoms with van der Waals surface area (Å²) in [6.07, 6.45) is 14.4. The van der Waals surface area contributed by atoms with Crippen LogP contribution in [0.25, 0.3) is 0 Å². The van der Waals surface area contributed by atoms with Crippen molar-refractivity contribution in [2.24, 2.45) is 94.7 Å². The molecule has 10 rings (SSSR count). The molecule has 1 heterocycles. The summed E-state index contributed by atoms with van der Waals surface area (Å²) in [7, 11) is 0. The van der Waals surface area contributed by atoms with Crippen molar-refractivity contribution in [2.75, 3.05) is 0 Å². The highest BCUT2D eigenvalue weighted by Gasteiger charge is 2.65. The highest BCUT2D eigenvalue weighted by atomic mass is 16.6. The van der Waals surface area contributed by atoms with Crippen molar-refractivity contribution in [3.05, 3.63) is 0 Å². The number of carbonyl (C=O) groups excluding carboxylic acids is 5. The highest BCUT2D eigenvalue weighted by molar-refractivity contribution is 5.79. The predicted octanol–water partition coefficient (Wildman–Crippen LogP) is 11.7. The third-order valence-corrected chi connectivity index (χ3v) is 17.5. The molecule has 0 radical (unpaired) electrons. The van der Waals surface area contributed by atoms with Gasteiger partial charge in [-0.2, -0.15) is 0 Å². The second-order valence-electron chi connectivity index (χ2n) is 21.7. The zero-order valence-electron chi connectivity index (χ0n) is 35.2. The van der Waals surface area contributed by atoms with Crippen LogP contribution in [0.1, 0.15) is 182 Å². The van der Waals surface area contributed by atoms with Crippen LogP contribution < -0.4 is 0 Å². The van der Waals surface area contributed by atoms with Gasteiger partial charge in [0.05, 0.1) is 23.7 Å². The molecule has 1 aliphatic heterocycles. The molecule has 1 saturated heterocycles. The molecule has 10 aliphatic rings. The first-order chi connectivity index (χ1) is 27.2. The number of hydrogen-bond donors (Lipinski definition) is 0. The van der Waals surface area contributed by atoms with Gasteiger partial charge in [-0.3, -0.25) is 24.0 Å². The molecular weight excluding hydrogens is 797 g/mol. The molecule has 0 aromatic carbocycles. The van der Waals surface area contributed by atoms with Gasteiger partial charge in [0.15, 0.2) is 0 Å². The molecule has 63 heavy (non-hydrogen) atoms. The number of carbonyl (C=O) groups is 5. The lowest BCUT2D eigenvalue weighted by atomic mass is 9.70.